The molecular weight excluding hydrogens is 450 g/mol. The zero-order valence-corrected chi connectivity index (χ0v) is 18.5. The first kappa shape index (κ1) is 22.7. The molecule has 2 aliphatic heterocycles. The van der Waals surface area contributed by atoms with Gasteiger partial charge in [0.1, 0.15) is 11.9 Å². The van der Waals surface area contributed by atoms with Gasteiger partial charge in [0.05, 0.1) is 17.7 Å². The van der Waals surface area contributed by atoms with Crippen molar-refractivity contribution in [1.82, 2.24) is 15.6 Å². The summed E-state index contributed by atoms with van der Waals surface area (Å²) in [5.41, 5.74) is 1.55. The summed E-state index contributed by atoms with van der Waals surface area (Å²) >= 11 is 7.72. The van der Waals surface area contributed by atoms with Crippen molar-refractivity contribution in [3.63, 3.8) is 0 Å². The van der Waals surface area contributed by atoms with E-state index < -0.39 is 17.8 Å². The molecular formula is C20H21Cl2FN4O2S. The first-order valence-corrected chi connectivity index (χ1v) is 10.6. The summed E-state index contributed by atoms with van der Waals surface area (Å²) in [6.45, 7) is 1.69. The molecule has 1 saturated heterocycles. The SMILES string of the molecule is COC(=O)C1=C(C2CCNCC2)NC(c2nccs2)=NC1c1cccc(F)c1Cl.Cl. The van der Waals surface area contributed by atoms with Crippen molar-refractivity contribution < 1.29 is 13.9 Å². The number of carbonyl (C=O) groups excluding carboxylic acids is 1. The zero-order valence-electron chi connectivity index (χ0n) is 16.2. The number of piperidine rings is 1. The van der Waals surface area contributed by atoms with Crippen LogP contribution in [0.5, 0.6) is 0 Å². The van der Waals surface area contributed by atoms with Gasteiger partial charge >= 0.3 is 5.97 Å². The second-order valence-corrected chi connectivity index (χ2v) is 8.10. The Morgan fingerprint density at radius 2 is 2.10 bits per heavy atom. The van der Waals surface area contributed by atoms with Gasteiger partial charge in [-0.1, -0.05) is 23.7 Å². The molecule has 2 aliphatic rings. The first-order valence-electron chi connectivity index (χ1n) is 9.31. The monoisotopic (exact) mass is 470 g/mol. The number of allylic oxidation sites excluding steroid dienone is 1. The van der Waals surface area contributed by atoms with E-state index in [0.717, 1.165) is 31.6 Å². The molecule has 0 saturated carbocycles. The number of halogens is 3. The third-order valence-corrected chi connectivity index (χ3v) is 6.32. The maximum absolute atomic E-state index is 14.2. The lowest BCUT2D eigenvalue weighted by atomic mass is 9.86. The summed E-state index contributed by atoms with van der Waals surface area (Å²) in [7, 11) is 1.33. The van der Waals surface area contributed by atoms with Gasteiger partial charge < -0.3 is 15.4 Å². The van der Waals surface area contributed by atoms with Gasteiger partial charge in [-0.05, 0) is 32.0 Å². The predicted molar refractivity (Wildman–Crippen MR) is 118 cm³/mol. The van der Waals surface area contributed by atoms with Crippen LogP contribution < -0.4 is 10.6 Å². The number of rotatable bonds is 4. The number of hydrogen-bond acceptors (Lipinski definition) is 7. The first-order chi connectivity index (χ1) is 14.1. The van der Waals surface area contributed by atoms with Crippen molar-refractivity contribution in [1.29, 1.82) is 0 Å². The van der Waals surface area contributed by atoms with Crippen LogP contribution in [0.3, 0.4) is 0 Å². The molecule has 0 bridgehead atoms. The molecule has 1 aromatic heterocycles. The number of benzene rings is 1. The molecule has 0 amide bonds. The van der Waals surface area contributed by atoms with Crippen molar-refractivity contribution in [2.45, 2.75) is 18.9 Å². The van der Waals surface area contributed by atoms with Crippen molar-refractivity contribution in [2.24, 2.45) is 10.9 Å². The van der Waals surface area contributed by atoms with Gasteiger partial charge in [-0.3, -0.25) is 4.99 Å². The normalized spacial score (nSPS) is 19.6. The predicted octanol–water partition coefficient (Wildman–Crippen LogP) is 3.88. The van der Waals surface area contributed by atoms with Crippen LogP contribution in [0.15, 0.2) is 46.0 Å². The van der Waals surface area contributed by atoms with Crippen LogP contribution in [0.25, 0.3) is 0 Å². The Hall–Kier alpha value is -2.00. The van der Waals surface area contributed by atoms with E-state index in [1.54, 1.807) is 18.3 Å². The number of nitrogens with one attached hydrogen (secondary N) is 2. The average Bonchev–Trinajstić information content (AvgIpc) is 3.30. The van der Waals surface area contributed by atoms with Gasteiger partial charge in [-0.25, -0.2) is 14.2 Å². The number of methoxy groups -OCH3 is 1. The second-order valence-electron chi connectivity index (χ2n) is 6.83. The lowest BCUT2D eigenvalue weighted by Crippen LogP contribution is -2.40. The summed E-state index contributed by atoms with van der Waals surface area (Å²) in [6.07, 6.45) is 3.41. The van der Waals surface area contributed by atoms with Crippen molar-refractivity contribution in [2.75, 3.05) is 20.2 Å². The fraction of sp³-hybridized carbons (Fsp3) is 0.350. The quantitative estimate of drug-likeness (QED) is 0.663. The van der Waals surface area contributed by atoms with E-state index in [1.165, 1.54) is 24.5 Å². The van der Waals surface area contributed by atoms with E-state index in [1.807, 2.05) is 5.38 Å². The summed E-state index contributed by atoms with van der Waals surface area (Å²) in [5.74, 6) is -0.392. The van der Waals surface area contributed by atoms with E-state index in [9.17, 15) is 9.18 Å². The Labute approximate surface area is 189 Å². The van der Waals surface area contributed by atoms with E-state index in [-0.39, 0.29) is 23.3 Å². The molecule has 1 aromatic carbocycles. The molecule has 1 fully saturated rings. The topological polar surface area (TPSA) is 75.6 Å². The van der Waals surface area contributed by atoms with Gasteiger partial charge in [0.15, 0.2) is 10.8 Å². The number of amidine groups is 1. The van der Waals surface area contributed by atoms with E-state index in [0.29, 0.717) is 22.0 Å². The molecule has 10 heteroatoms. The molecule has 0 spiro atoms. The third-order valence-electron chi connectivity index (χ3n) is 5.14. The van der Waals surface area contributed by atoms with Gasteiger partial charge in [0, 0.05) is 28.8 Å². The fourth-order valence-electron chi connectivity index (χ4n) is 3.74. The Bertz CT molecular complexity index is 975. The highest BCUT2D eigenvalue weighted by Gasteiger charge is 2.37. The fourth-order valence-corrected chi connectivity index (χ4v) is 4.56. The van der Waals surface area contributed by atoms with Crippen LogP contribution in [0.1, 0.15) is 29.5 Å². The number of aliphatic imine (C=N–C) groups is 1. The van der Waals surface area contributed by atoms with Gasteiger partial charge in [-0.2, -0.15) is 0 Å². The molecule has 2 aromatic rings. The number of hydrogen-bond donors (Lipinski definition) is 2. The van der Waals surface area contributed by atoms with Crippen LogP contribution in [0, 0.1) is 11.7 Å². The summed E-state index contributed by atoms with van der Waals surface area (Å²) in [6, 6.07) is 3.76. The maximum Gasteiger partial charge on any atom is 0.338 e. The van der Waals surface area contributed by atoms with Gasteiger partial charge in [0.25, 0.3) is 0 Å². The number of thiazole rings is 1. The summed E-state index contributed by atoms with van der Waals surface area (Å²) in [5, 5.41) is 9.17. The van der Waals surface area contributed by atoms with Gasteiger partial charge in [0.2, 0.25) is 0 Å². The van der Waals surface area contributed by atoms with Crippen molar-refractivity contribution in [3.05, 3.63) is 62.5 Å². The van der Waals surface area contributed by atoms with Crippen LogP contribution in [-0.2, 0) is 9.53 Å². The summed E-state index contributed by atoms with van der Waals surface area (Å²) < 4.78 is 19.3. The van der Waals surface area contributed by atoms with Crippen LogP contribution in [-0.4, -0.2) is 37.0 Å². The number of esters is 1. The molecule has 0 aliphatic carbocycles. The van der Waals surface area contributed by atoms with Crippen LogP contribution >= 0.6 is 35.3 Å². The Balaban J connectivity index is 0.00000256. The number of aromatic nitrogens is 1. The molecule has 3 heterocycles. The standard InChI is InChI=1S/C20H20ClFN4O2S.ClH/c1-28-20(27)14-16(11-5-7-23-8-6-11)25-18(19-24-9-10-29-19)26-17(14)12-3-2-4-13(22)15(12)21;/h2-4,9-11,17,23H,5-8H2,1H3,(H,25,26);1H. The highest BCUT2D eigenvalue weighted by atomic mass is 35.5. The molecule has 30 heavy (non-hydrogen) atoms. The molecule has 1 atom stereocenters. The lowest BCUT2D eigenvalue weighted by Gasteiger charge is -2.33. The summed E-state index contributed by atoms with van der Waals surface area (Å²) in [4.78, 5) is 21.9. The van der Waals surface area contributed by atoms with Crippen molar-refractivity contribution >= 4 is 47.1 Å². The molecule has 6 nitrogen and oxygen atoms in total. The molecule has 160 valence electrons. The Kier molecular flexibility index (Phi) is 7.46. The minimum Gasteiger partial charge on any atom is -0.466 e. The average molecular weight is 471 g/mol. The van der Waals surface area contributed by atoms with E-state index in [4.69, 9.17) is 21.3 Å². The maximum atomic E-state index is 14.2. The largest absolute Gasteiger partial charge is 0.466 e. The van der Waals surface area contributed by atoms with E-state index >= 15 is 0 Å². The molecule has 0 radical (unpaired) electrons. The minimum atomic E-state index is -0.782. The Morgan fingerprint density at radius 1 is 1.33 bits per heavy atom. The lowest BCUT2D eigenvalue weighted by molar-refractivity contribution is -0.136. The third kappa shape index (κ3) is 4.37. The number of ether oxygens (including phenoxy) is 1. The van der Waals surface area contributed by atoms with Crippen LogP contribution in [0.2, 0.25) is 5.02 Å². The molecule has 1 unspecified atom stereocenters. The number of nitrogens with zero attached hydrogens (tertiary/aromatic N) is 2. The molecule has 4 rings (SSSR count). The van der Waals surface area contributed by atoms with Crippen molar-refractivity contribution in [3.8, 4) is 0 Å². The highest BCUT2D eigenvalue weighted by molar-refractivity contribution is 7.11. The second kappa shape index (κ2) is 9.87. The highest BCUT2D eigenvalue weighted by Crippen LogP contribution is 2.39. The smallest absolute Gasteiger partial charge is 0.338 e. The zero-order chi connectivity index (χ0) is 20.4. The Morgan fingerprint density at radius 3 is 2.77 bits per heavy atom. The number of carbonyl (C=O) groups is 1. The van der Waals surface area contributed by atoms with E-state index in [2.05, 4.69) is 15.6 Å². The van der Waals surface area contributed by atoms with Crippen LogP contribution in [0.4, 0.5) is 4.39 Å². The molecule has 2 N–H and O–H groups in total. The van der Waals surface area contributed by atoms with Gasteiger partial charge in [-0.15, -0.1) is 23.7 Å². The minimum absolute atomic E-state index is 0.